The number of thiazole rings is 1. The third-order valence-electron chi connectivity index (χ3n) is 2.98. The van der Waals surface area contributed by atoms with Gasteiger partial charge in [0.1, 0.15) is 5.82 Å². The fourth-order valence-corrected chi connectivity index (χ4v) is 3.15. The molecule has 0 atom stereocenters. The van der Waals surface area contributed by atoms with E-state index >= 15 is 0 Å². The molecular weight excluding hydrogens is 295 g/mol. The average Bonchev–Trinajstić information content (AvgIpc) is 2.82. The van der Waals surface area contributed by atoms with Gasteiger partial charge in [0.2, 0.25) is 0 Å². The molecule has 0 aliphatic heterocycles. The van der Waals surface area contributed by atoms with Crippen molar-refractivity contribution in [1.82, 2.24) is 9.88 Å². The van der Waals surface area contributed by atoms with Crippen molar-refractivity contribution in [2.24, 2.45) is 0 Å². The molecule has 0 fully saturated rings. The summed E-state index contributed by atoms with van der Waals surface area (Å²) < 4.78 is 13.7. The molecule has 0 radical (unpaired) electrons. The van der Waals surface area contributed by atoms with Crippen LogP contribution in [0.5, 0.6) is 0 Å². The number of aromatic nitrogens is 1. The van der Waals surface area contributed by atoms with E-state index in [2.05, 4.69) is 17.3 Å². The van der Waals surface area contributed by atoms with Gasteiger partial charge in [-0.05, 0) is 32.0 Å². The molecule has 1 heterocycles. The summed E-state index contributed by atoms with van der Waals surface area (Å²) in [6.45, 7) is 3.32. The minimum Gasteiger partial charge on any atom is -0.296 e. The quantitative estimate of drug-likeness (QED) is 0.779. The van der Waals surface area contributed by atoms with Crippen molar-refractivity contribution in [2.45, 2.75) is 32.9 Å². The van der Waals surface area contributed by atoms with Crippen LogP contribution in [0.3, 0.4) is 0 Å². The van der Waals surface area contributed by atoms with Crippen LogP contribution in [-0.4, -0.2) is 16.9 Å². The maximum Gasteiger partial charge on any atom is 0.129 e. The Hall–Kier alpha value is -0.970. The Balaban J connectivity index is 1.99. The van der Waals surface area contributed by atoms with Gasteiger partial charge in [0.05, 0.1) is 10.7 Å². The van der Waals surface area contributed by atoms with E-state index in [9.17, 15) is 4.39 Å². The van der Waals surface area contributed by atoms with E-state index in [0.29, 0.717) is 23.7 Å². The van der Waals surface area contributed by atoms with E-state index in [1.807, 2.05) is 11.9 Å². The summed E-state index contributed by atoms with van der Waals surface area (Å²) in [5.74, 6) is -0.255. The number of nitrogens with zero attached hydrogens (tertiary/aromatic N) is 2. The van der Waals surface area contributed by atoms with Gasteiger partial charge in [0, 0.05) is 29.1 Å². The normalized spacial score (nSPS) is 11.2. The Bertz CT molecular complexity index is 551. The molecule has 0 unspecified atom stereocenters. The molecule has 0 spiro atoms. The second kappa shape index (κ2) is 7.16. The molecule has 0 amide bonds. The first-order valence-corrected chi connectivity index (χ1v) is 7.90. The lowest BCUT2D eigenvalue weighted by Crippen LogP contribution is -2.18. The number of rotatable bonds is 6. The standard InChI is InChI=1S/C15H18ClFN2S/c1-3-5-15-18-11(10-20-15)8-19(2)9-12-13(16)6-4-7-14(12)17/h4,6-7,10H,3,5,8-9H2,1-2H3. The van der Waals surface area contributed by atoms with Gasteiger partial charge in [-0.25, -0.2) is 9.37 Å². The molecule has 2 rings (SSSR count). The molecule has 0 N–H and O–H groups in total. The van der Waals surface area contributed by atoms with Crippen molar-refractivity contribution < 1.29 is 4.39 Å². The maximum atomic E-state index is 13.7. The third-order valence-corrected chi connectivity index (χ3v) is 4.30. The molecule has 2 nitrogen and oxygen atoms in total. The zero-order chi connectivity index (χ0) is 14.5. The Labute approximate surface area is 128 Å². The van der Waals surface area contributed by atoms with Crippen molar-refractivity contribution in [1.29, 1.82) is 0 Å². The summed E-state index contributed by atoms with van der Waals surface area (Å²) in [4.78, 5) is 6.60. The Morgan fingerprint density at radius 2 is 2.15 bits per heavy atom. The Kier molecular flexibility index (Phi) is 5.52. The fourth-order valence-electron chi connectivity index (χ4n) is 2.04. The molecule has 0 bridgehead atoms. The summed E-state index contributed by atoms with van der Waals surface area (Å²) in [6, 6.07) is 4.78. The van der Waals surface area contributed by atoms with Crippen LogP contribution in [0.15, 0.2) is 23.6 Å². The van der Waals surface area contributed by atoms with Crippen LogP contribution in [0.2, 0.25) is 5.02 Å². The predicted molar refractivity (Wildman–Crippen MR) is 82.7 cm³/mol. The van der Waals surface area contributed by atoms with Crippen LogP contribution in [0.25, 0.3) is 0 Å². The molecule has 5 heteroatoms. The van der Waals surface area contributed by atoms with Gasteiger partial charge in [0.25, 0.3) is 0 Å². The summed E-state index contributed by atoms with van der Waals surface area (Å²) in [6.07, 6.45) is 2.13. The highest BCUT2D eigenvalue weighted by atomic mass is 35.5. The molecule has 0 aliphatic carbocycles. The SMILES string of the molecule is CCCc1nc(CN(C)Cc2c(F)cccc2Cl)cs1. The number of aryl methyl sites for hydroxylation is 1. The van der Waals surface area contributed by atoms with E-state index in [1.165, 1.54) is 11.1 Å². The van der Waals surface area contributed by atoms with Crippen molar-refractivity contribution >= 4 is 22.9 Å². The van der Waals surface area contributed by atoms with Gasteiger partial charge in [-0.1, -0.05) is 24.6 Å². The molecule has 1 aromatic heterocycles. The third kappa shape index (κ3) is 4.01. The zero-order valence-electron chi connectivity index (χ0n) is 11.7. The van der Waals surface area contributed by atoms with E-state index in [0.717, 1.165) is 18.5 Å². The van der Waals surface area contributed by atoms with Gasteiger partial charge in [-0.2, -0.15) is 0 Å². The van der Waals surface area contributed by atoms with E-state index in [-0.39, 0.29) is 5.82 Å². The highest BCUT2D eigenvalue weighted by Crippen LogP contribution is 2.21. The molecule has 20 heavy (non-hydrogen) atoms. The van der Waals surface area contributed by atoms with Crippen molar-refractivity contribution in [3.8, 4) is 0 Å². The van der Waals surface area contributed by atoms with E-state index in [4.69, 9.17) is 11.6 Å². The highest BCUT2D eigenvalue weighted by Gasteiger charge is 2.11. The lowest BCUT2D eigenvalue weighted by Gasteiger charge is -2.16. The molecule has 0 saturated carbocycles. The average molecular weight is 313 g/mol. The minimum atomic E-state index is -0.255. The lowest BCUT2D eigenvalue weighted by atomic mass is 10.2. The smallest absolute Gasteiger partial charge is 0.129 e. The van der Waals surface area contributed by atoms with Crippen LogP contribution in [0.1, 0.15) is 29.6 Å². The lowest BCUT2D eigenvalue weighted by molar-refractivity contribution is 0.310. The summed E-state index contributed by atoms with van der Waals surface area (Å²) in [7, 11) is 1.95. The molecule has 0 aliphatic rings. The van der Waals surface area contributed by atoms with Gasteiger partial charge in [-0.3, -0.25) is 4.90 Å². The zero-order valence-corrected chi connectivity index (χ0v) is 13.3. The van der Waals surface area contributed by atoms with Gasteiger partial charge >= 0.3 is 0 Å². The monoisotopic (exact) mass is 312 g/mol. The van der Waals surface area contributed by atoms with Crippen LogP contribution < -0.4 is 0 Å². The van der Waals surface area contributed by atoms with Gasteiger partial charge in [0.15, 0.2) is 0 Å². The number of benzene rings is 1. The largest absolute Gasteiger partial charge is 0.296 e. The summed E-state index contributed by atoms with van der Waals surface area (Å²) in [5.41, 5.74) is 1.58. The second-order valence-corrected chi connectivity index (χ2v) is 6.20. The maximum absolute atomic E-state index is 13.7. The van der Waals surface area contributed by atoms with Crippen LogP contribution in [0, 0.1) is 5.82 Å². The first kappa shape index (κ1) is 15.4. The van der Waals surface area contributed by atoms with Gasteiger partial charge < -0.3 is 0 Å². The number of halogens is 2. The van der Waals surface area contributed by atoms with Gasteiger partial charge in [-0.15, -0.1) is 11.3 Å². The Morgan fingerprint density at radius 1 is 1.35 bits per heavy atom. The fraction of sp³-hybridized carbons (Fsp3) is 0.400. The number of hydrogen-bond acceptors (Lipinski definition) is 3. The number of hydrogen-bond donors (Lipinski definition) is 0. The van der Waals surface area contributed by atoms with E-state index in [1.54, 1.807) is 23.5 Å². The van der Waals surface area contributed by atoms with Crippen LogP contribution in [-0.2, 0) is 19.5 Å². The first-order chi connectivity index (χ1) is 9.60. The molecular formula is C15H18ClFN2S. The molecule has 0 saturated heterocycles. The Morgan fingerprint density at radius 3 is 2.85 bits per heavy atom. The summed E-state index contributed by atoms with van der Waals surface area (Å²) >= 11 is 7.73. The van der Waals surface area contributed by atoms with E-state index < -0.39 is 0 Å². The predicted octanol–water partition coefficient (Wildman–Crippen LogP) is 4.52. The first-order valence-electron chi connectivity index (χ1n) is 6.65. The molecule has 2 aromatic rings. The van der Waals surface area contributed by atoms with Crippen molar-refractivity contribution in [3.63, 3.8) is 0 Å². The molecule has 108 valence electrons. The van der Waals surface area contributed by atoms with Crippen LogP contribution in [0.4, 0.5) is 4.39 Å². The highest BCUT2D eigenvalue weighted by molar-refractivity contribution is 7.09. The summed E-state index contributed by atoms with van der Waals surface area (Å²) in [5, 5.41) is 3.71. The minimum absolute atomic E-state index is 0.255. The molecule has 1 aromatic carbocycles. The van der Waals surface area contributed by atoms with Crippen molar-refractivity contribution in [2.75, 3.05) is 7.05 Å². The van der Waals surface area contributed by atoms with Crippen LogP contribution >= 0.6 is 22.9 Å². The van der Waals surface area contributed by atoms with Crippen molar-refractivity contribution in [3.05, 3.63) is 50.7 Å². The second-order valence-electron chi connectivity index (χ2n) is 4.86. The topological polar surface area (TPSA) is 16.1 Å².